The number of nitrogens with zero attached hydrogens (tertiary/aromatic N) is 4. The molecule has 0 aliphatic carbocycles. The zero-order valence-electron chi connectivity index (χ0n) is 12.2. The lowest BCUT2D eigenvalue weighted by Crippen LogP contribution is -2.45. The third kappa shape index (κ3) is 2.79. The van der Waals surface area contributed by atoms with Crippen LogP contribution in [0.2, 0.25) is 0 Å². The highest BCUT2D eigenvalue weighted by Gasteiger charge is 2.23. The van der Waals surface area contributed by atoms with Crippen molar-refractivity contribution < 1.29 is 0 Å². The molecule has 6 heteroatoms. The number of piperazine rings is 1. The highest BCUT2D eigenvalue weighted by molar-refractivity contribution is 8.13. The van der Waals surface area contributed by atoms with Crippen molar-refractivity contribution in [3.8, 4) is 0 Å². The number of aryl methyl sites for hydroxylation is 1. The van der Waals surface area contributed by atoms with E-state index in [1.165, 1.54) is 11.8 Å². The average molecular weight is 281 g/mol. The minimum absolute atomic E-state index is 0.604. The van der Waals surface area contributed by atoms with Crippen molar-refractivity contribution in [2.75, 3.05) is 44.4 Å². The number of nitrogens with one attached hydrogen (secondary N) is 1. The number of rotatable bonds is 3. The molecule has 0 amide bonds. The monoisotopic (exact) mass is 281 g/mol. The van der Waals surface area contributed by atoms with Gasteiger partial charge in [-0.25, -0.2) is 4.98 Å². The van der Waals surface area contributed by atoms with Gasteiger partial charge in [0, 0.05) is 33.2 Å². The Balaban J connectivity index is 2.31. The number of hydrogen-bond acceptors (Lipinski definition) is 5. The molecule has 1 aliphatic heterocycles. The number of aromatic nitrogens is 2. The van der Waals surface area contributed by atoms with Gasteiger partial charge in [-0.05, 0) is 19.7 Å². The summed E-state index contributed by atoms with van der Waals surface area (Å²) >= 11 is 1.48. The molecule has 1 aliphatic rings. The van der Waals surface area contributed by atoms with Crippen LogP contribution in [0.25, 0.3) is 0 Å². The predicted octanol–water partition coefficient (Wildman–Crippen LogP) is 1.42. The third-order valence-corrected chi connectivity index (χ3v) is 4.29. The predicted molar refractivity (Wildman–Crippen MR) is 82.6 cm³/mol. The molecule has 0 spiro atoms. The second kappa shape index (κ2) is 5.96. The molecule has 0 saturated carbocycles. The average Bonchev–Trinajstić information content (AvgIpc) is 2.76. The number of hydrogen-bond donors (Lipinski definition) is 1. The molecule has 19 heavy (non-hydrogen) atoms. The fourth-order valence-corrected chi connectivity index (χ4v) is 2.91. The molecule has 1 fully saturated rings. The minimum atomic E-state index is 0.604. The Morgan fingerprint density at radius 3 is 2.42 bits per heavy atom. The van der Waals surface area contributed by atoms with Gasteiger partial charge in [0.05, 0.1) is 11.4 Å². The van der Waals surface area contributed by atoms with E-state index < -0.39 is 0 Å². The molecule has 0 atom stereocenters. The molecular weight excluding hydrogens is 258 g/mol. The van der Waals surface area contributed by atoms with E-state index in [1.807, 2.05) is 13.3 Å². The van der Waals surface area contributed by atoms with Gasteiger partial charge < -0.3 is 14.4 Å². The quantitative estimate of drug-likeness (QED) is 0.672. The standard InChI is InChI=1S/C13H23N5S/c1-5-10-11(12(14)19-4)17(3)13(15-10)18-8-6-16(2)7-9-18/h14H,5-9H2,1-4H3. The van der Waals surface area contributed by atoms with Crippen molar-refractivity contribution in [3.63, 3.8) is 0 Å². The summed E-state index contributed by atoms with van der Waals surface area (Å²) in [4.78, 5) is 9.43. The molecule has 1 N–H and O–H groups in total. The maximum Gasteiger partial charge on any atom is 0.206 e. The summed E-state index contributed by atoms with van der Waals surface area (Å²) in [6.07, 6.45) is 2.82. The zero-order valence-corrected chi connectivity index (χ0v) is 13.0. The Hall–Kier alpha value is -1.01. The first-order valence-electron chi connectivity index (χ1n) is 6.70. The van der Waals surface area contributed by atoms with Crippen LogP contribution in [0, 0.1) is 5.41 Å². The van der Waals surface area contributed by atoms with E-state index in [9.17, 15) is 0 Å². The maximum atomic E-state index is 8.10. The van der Waals surface area contributed by atoms with E-state index in [0.717, 1.165) is 49.9 Å². The molecule has 1 saturated heterocycles. The number of imidazole rings is 1. The summed E-state index contributed by atoms with van der Waals surface area (Å²) < 4.78 is 2.09. The summed E-state index contributed by atoms with van der Waals surface area (Å²) in [7, 11) is 4.18. The van der Waals surface area contributed by atoms with Crippen molar-refractivity contribution in [3.05, 3.63) is 11.4 Å². The summed E-state index contributed by atoms with van der Waals surface area (Å²) in [5.74, 6) is 1.01. The van der Waals surface area contributed by atoms with Crippen molar-refractivity contribution >= 4 is 22.8 Å². The smallest absolute Gasteiger partial charge is 0.206 e. The first-order valence-corrected chi connectivity index (χ1v) is 7.93. The molecule has 0 radical (unpaired) electrons. The molecule has 2 heterocycles. The highest BCUT2D eigenvalue weighted by atomic mass is 32.2. The van der Waals surface area contributed by atoms with Crippen molar-refractivity contribution in [2.24, 2.45) is 7.05 Å². The lowest BCUT2D eigenvalue weighted by molar-refractivity contribution is 0.310. The summed E-state index contributed by atoms with van der Waals surface area (Å²) in [6, 6.07) is 0. The largest absolute Gasteiger partial charge is 0.340 e. The lowest BCUT2D eigenvalue weighted by atomic mass is 10.3. The lowest BCUT2D eigenvalue weighted by Gasteiger charge is -2.33. The second-order valence-electron chi connectivity index (χ2n) is 4.94. The molecular formula is C13H23N5S. The Labute approximate surface area is 119 Å². The van der Waals surface area contributed by atoms with Gasteiger partial charge in [0.15, 0.2) is 0 Å². The Bertz CT molecular complexity index is 460. The summed E-state index contributed by atoms with van der Waals surface area (Å²) in [5.41, 5.74) is 2.01. The van der Waals surface area contributed by atoms with E-state index in [1.54, 1.807) is 0 Å². The SMILES string of the molecule is CCc1nc(N2CCN(C)CC2)n(C)c1C(=N)SC. The Morgan fingerprint density at radius 1 is 1.26 bits per heavy atom. The fourth-order valence-electron chi connectivity index (χ4n) is 2.46. The van der Waals surface area contributed by atoms with Crippen LogP contribution in [0.4, 0.5) is 5.95 Å². The number of thioether (sulfide) groups is 1. The summed E-state index contributed by atoms with van der Waals surface area (Å²) in [5, 5.41) is 8.70. The number of likely N-dealkylation sites (N-methyl/N-ethyl adjacent to an activating group) is 1. The van der Waals surface area contributed by atoms with E-state index in [0.29, 0.717) is 5.04 Å². The van der Waals surface area contributed by atoms with Gasteiger partial charge in [-0.1, -0.05) is 6.92 Å². The van der Waals surface area contributed by atoms with Gasteiger partial charge in [-0.15, -0.1) is 11.8 Å². The Morgan fingerprint density at radius 2 is 1.89 bits per heavy atom. The molecule has 0 aromatic carbocycles. The molecule has 5 nitrogen and oxygen atoms in total. The molecule has 1 aromatic rings. The van der Waals surface area contributed by atoms with E-state index in [4.69, 9.17) is 10.4 Å². The fraction of sp³-hybridized carbons (Fsp3) is 0.692. The molecule has 106 valence electrons. The van der Waals surface area contributed by atoms with Crippen LogP contribution in [0.3, 0.4) is 0 Å². The van der Waals surface area contributed by atoms with Gasteiger partial charge in [0.25, 0.3) is 0 Å². The van der Waals surface area contributed by atoms with Crippen LogP contribution in [0.1, 0.15) is 18.3 Å². The molecule has 0 unspecified atom stereocenters. The van der Waals surface area contributed by atoms with Gasteiger partial charge in [0.2, 0.25) is 5.95 Å². The van der Waals surface area contributed by atoms with Crippen LogP contribution in [0.5, 0.6) is 0 Å². The van der Waals surface area contributed by atoms with E-state index in [2.05, 4.69) is 28.3 Å². The molecule has 1 aromatic heterocycles. The van der Waals surface area contributed by atoms with Crippen LogP contribution in [-0.4, -0.2) is 59.0 Å². The van der Waals surface area contributed by atoms with Crippen LogP contribution in [0.15, 0.2) is 0 Å². The van der Waals surface area contributed by atoms with Gasteiger partial charge in [-0.2, -0.15) is 0 Å². The van der Waals surface area contributed by atoms with Crippen LogP contribution in [-0.2, 0) is 13.5 Å². The van der Waals surface area contributed by atoms with Crippen LogP contribution >= 0.6 is 11.8 Å². The third-order valence-electron chi connectivity index (χ3n) is 3.68. The molecule has 2 rings (SSSR count). The van der Waals surface area contributed by atoms with Crippen LogP contribution < -0.4 is 4.90 Å². The number of anilines is 1. The Kier molecular flexibility index (Phi) is 4.52. The normalized spacial score (nSPS) is 16.9. The van der Waals surface area contributed by atoms with Gasteiger partial charge >= 0.3 is 0 Å². The van der Waals surface area contributed by atoms with Gasteiger partial charge in [0.1, 0.15) is 5.04 Å². The molecule has 0 bridgehead atoms. The highest BCUT2D eigenvalue weighted by Crippen LogP contribution is 2.23. The van der Waals surface area contributed by atoms with E-state index in [-0.39, 0.29) is 0 Å². The topological polar surface area (TPSA) is 48.2 Å². The van der Waals surface area contributed by atoms with Crippen molar-refractivity contribution in [2.45, 2.75) is 13.3 Å². The summed E-state index contributed by atoms with van der Waals surface area (Å²) in [6.45, 7) is 6.27. The zero-order chi connectivity index (χ0) is 14.0. The first-order chi connectivity index (χ1) is 9.08. The van der Waals surface area contributed by atoms with Crippen molar-refractivity contribution in [1.82, 2.24) is 14.5 Å². The second-order valence-corrected chi connectivity index (χ2v) is 5.76. The van der Waals surface area contributed by atoms with Crippen molar-refractivity contribution in [1.29, 1.82) is 5.41 Å². The van der Waals surface area contributed by atoms with E-state index >= 15 is 0 Å². The van der Waals surface area contributed by atoms with Gasteiger partial charge in [-0.3, -0.25) is 5.41 Å². The first kappa shape index (κ1) is 14.4. The minimum Gasteiger partial charge on any atom is -0.340 e. The maximum absolute atomic E-state index is 8.10.